The average molecular weight is 166 g/mol. The Bertz CT molecular complexity index is 143. The van der Waals surface area contributed by atoms with Crippen molar-refractivity contribution in [2.45, 2.75) is 18.4 Å². The number of hydrogen-bond donors (Lipinski definition) is 2. The van der Waals surface area contributed by atoms with Gasteiger partial charge in [0.05, 0.1) is 12.6 Å². The molecule has 1 rings (SSSR count). The lowest BCUT2D eigenvalue weighted by Crippen LogP contribution is -2.50. The van der Waals surface area contributed by atoms with Gasteiger partial charge in [-0.15, -0.1) is 0 Å². The molecule has 0 aromatic carbocycles. The van der Waals surface area contributed by atoms with E-state index in [1.807, 2.05) is 0 Å². The highest BCUT2D eigenvalue weighted by molar-refractivity contribution is 4.83. The first-order valence-corrected chi connectivity index (χ1v) is 3.52. The van der Waals surface area contributed by atoms with Crippen LogP contribution in [-0.2, 0) is 0 Å². The molecule has 1 saturated heterocycles. The van der Waals surface area contributed by atoms with Gasteiger partial charge in [0.15, 0.2) is 0 Å². The Morgan fingerprint density at radius 2 is 2.27 bits per heavy atom. The standard InChI is InChI=1S/C6H12F2N2O/c7-6(8)1-5(11)2-10(3-6)4-9/h5,11H,1-4,9H2. The molecule has 66 valence electrons. The predicted octanol–water partition coefficient (Wildman–Crippen LogP) is -0.396. The third-order valence-corrected chi connectivity index (χ3v) is 1.72. The second kappa shape index (κ2) is 3.00. The summed E-state index contributed by atoms with van der Waals surface area (Å²) in [5.41, 5.74) is 5.17. The summed E-state index contributed by atoms with van der Waals surface area (Å²) in [5, 5.41) is 8.97. The van der Waals surface area contributed by atoms with Crippen LogP contribution >= 0.6 is 0 Å². The van der Waals surface area contributed by atoms with Crippen LogP contribution < -0.4 is 5.73 Å². The molecule has 0 saturated carbocycles. The maximum Gasteiger partial charge on any atom is 0.263 e. The van der Waals surface area contributed by atoms with Crippen LogP contribution in [0.4, 0.5) is 8.78 Å². The fourth-order valence-corrected chi connectivity index (χ4v) is 1.30. The van der Waals surface area contributed by atoms with Crippen molar-refractivity contribution in [1.29, 1.82) is 0 Å². The van der Waals surface area contributed by atoms with Crippen molar-refractivity contribution in [3.63, 3.8) is 0 Å². The van der Waals surface area contributed by atoms with E-state index in [-0.39, 0.29) is 19.8 Å². The van der Waals surface area contributed by atoms with Crippen LogP contribution in [0, 0.1) is 0 Å². The van der Waals surface area contributed by atoms with Crippen LogP contribution in [0.2, 0.25) is 0 Å². The zero-order chi connectivity index (χ0) is 8.48. The molecule has 1 atom stereocenters. The van der Waals surface area contributed by atoms with Gasteiger partial charge in [-0.05, 0) is 0 Å². The van der Waals surface area contributed by atoms with Gasteiger partial charge in [0.25, 0.3) is 5.92 Å². The zero-order valence-corrected chi connectivity index (χ0v) is 6.13. The van der Waals surface area contributed by atoms with Crippen molar-refractivity contribution in [2.75, 3.05) is 19.8 Å². The van der Waals surface area contributed by atoms with Gasteiger partial charge in [-0.1, -0.05) is 0 Å². The monoisotopic (exact) mass is 166 g/mol. The molecule has 0 aromatic rings. The molecule has 0 radical (unpaired) electrons. The smallest absolute Gasteiger partial charge is 0.263 e. The molecule has 3 nitrogen and oxygen atoms in total. The molecule has 1 fully saturated rings. The predicted molar refractivity (Wildman–Crippen MR) is 36.2 cm³/mol. The van der Waals surface area contributed by atoms with Gasteiger partial charge in [0, 0.05) is 19.6 Å². The summed E-state index contributed by atoms with van der Waals surface area (Å²) >= 11 is 0. The van der Waals surface area contributed by atoms with E-state index in [1.165, 1.54) is 4.90 Å². The Labute approximate surface area is 63.8 Å². The minimum Gasteiger partial charge on any atom is -0.392 e. The van der Waals surface area contributed by atoms with Crippen molar-refractivity contribution >= 4 is 0 Å². The van der Waals surface area contributed by atoms with E-state index in [9.17, 15) is 8.78 Å². The molecule has 0 aliphatic carbocycles. The Morgan fingerprint density at radius 1 is 1.64 bits per heavy atom. The van der Waals surface area contributed by atoms with E-state index < -0.39 is 18.4 Å². The molecule has 0 bridgehead atoms. The van der Waals surface area contributed by atoms with Crippen LogP contribution in [0.3, 0.4) is 0 Å². The Balaban J connectivity index is 2.51. The minimum atomic E-state index is -2.78. The van der Waals surface area contributed by atoms with E-state index in [1.54, 1.807) is 0 Å². The largest absolute Gasteiger partial charge is 0.392 e. The normalized spacial score (nSPS) is 32.2. The molecule has 0 amide bonds. The minimum absolute atomic E-state index is 0.0760. The van der Waals surface area contributed by atoms with Gasteiger partial charge >= 0.3 is 0 Å². The first kappa shape index (κ1) is 8.83. The highest BCUT2D eigenvalue weighted by Gasteiger charge is 2.38. The fraction of sp³-hybridized carbons (Fsp3) is 1.00. The number of rotatable bonds is 1. The third kappa shape index (κ3) is 2.36. The molecule has 1 aliphatic heterocycles. The van der Waals surface area contributed by atoms with Crippen LogP contribution in [0.1, 0.15) is 6.42 Å². The topological polar surface area (TPSA) is 49.5 Å². The van der Waals surface area contributed by atoms with E-state index in [0.29, 0.717) is 0 Å². The highest BCUT2D eigenvalue weighted by atomic mass is 19.3. The number of nitrogens with two attached hydrogens (primary N) is 1. The second-order valence-corrected chi connectivity index (χ2v) is 2.91. The van der Waals surface area contributed by atoms with Gasteiger partial charge in [-0.3, -0.25) is 4.90 Å². The van der Waals surface area contributed by atoms with Crippen molar-refractivity contribution in [1.82, 2.24) is 4.90 Å². The first-order valence-electron chi connectivity index (χ1n) is 3.52. The number of aliphatic hydroxyl groups excluding tert-OH is 1. The molecular formula is C6H12F2N2O. The number of alkyl halides is 2. The summed E-state index contributed by atoms with van der Waals surface area (Å²) in [7, 11) is 0. The average Bonchev–Trinajstić information content (AvgIpc) is 1.83. The number of likely N-dealkylation sites (tertiary alicyclic amines) is 1. The van der Waals surface area contributed by atoms with E-state index in [2.05, 4.69) is 0 Å². The molecule has 1 unspecified atom stereocenters. The van der Waals surface area contributed by atoms with Crippen LogP contribution in [-0.4, -0.2) is 41.8 Å². The zero-order valence-electron chi connectivity index (χ0n) is 6.13. The van der Waals surface area contributed by atoms with Crippen molar-refractivity contribution in [3.05, 3.63) is 0 Å². The Kier molecular flexibility index (Phi) is 2.41. The summed E-state index contributed by atoms with van der Waals surface area (Å²) in [6.07, 6.45) is -1.38. The Hall–Kier alpha value is -0.260. The number of aliphatic hydroxyl groups is 1. The van der Waals surface area contributed by atoms with Gasteiger partial charge in [0.1, 0.15) is 0 Å². The van der Waals surface area contributed by atoms with Crippen LogP contribution in [0.15, 0.2) is 0 Å². The number of piperidine rings is 1. The molecule has 1 heterocycles. The highest BCUT2D eigenvalue weighted by Crippen LogP contribution is 2.25. The van der Waals surface area contributed by atoms with E-state index in [0.717, 1.165) is 0 Å². The number of nitrogens with zero attached hydrogens (tertiary/aromatic N) is 1. The number of β-amino-alcohol motifs (C(OH)–C–C–N with tert-alkyl or cyclic N) is 1. The lowest BCUT2D eigenvalue weighted by Gasteiger charge is -2.34. The van der Waals surface area contributed by atoms with Gasteiger partial charge in [-0.2, -0.15) is 0 Å². The van der Waals surface area contributed by atoms with Crippen molar-refractivity contribution < 1.29 is 13.9 Å². The molecule has 0 spiro atoms. The van der Waals surface area contributed by atoms with Gasteiger partial charge in [0.2, 0.25) is 0 Å². The van der Waals surface area contributed by atoms with E-state index >= 15 is 0 Å². The lowest BCUT2D eigenvalue weighted by atomic mass is 10.1. The fourth-order valence-electron chi connectivity index (χ4n) is 1.30. The van der Waals surface area contributed by atoms with E-state index in [4.69, 9.17) is 10.8 Å². The van der Waals surface area contributed by atoms with Gasteiger partial charge in [-0.25, -0.2) is 8.78 Å². The van der Waals surface area contributed by atoms with Gasteiger partial charge < -0.3 is 10.8 Å². The molecule has 1 aliphatic rings. The van der Waals surface area contributed by atoms with Crippen molar-refractivity contribution in [2.24, 2.45) is 5.73 Å². The first-order chi connectivity index (χ1) is 5.03. The molecule has 3 N–H and O–H groups in total. The maximum absolute atomic E-state index is 12.6. The molecule has 0 aromatic heterocycles. The molecular weight excluding hydrogens is 154 g/mol. The maximum atomic E-state index is 12.6. The van der Waals surface area contributed by atoms with Crippen LogP contribution in [0.25, 0.3) is 0 Å². The number of halogens is 2. The molecule has 5 heteroatoms. The third-order valence-electron chi connectivity index (χ3n) is 1.72. The SMILES string of the molecule is NCN1CC(O)CC(F)(F)C1. The quantitative estimate of drug-likeness (QED) is 0.557. The summed E-state index contributed by atoms with van der Waals surface area (Å²) in [6, 6.07) is 0. The summed E-state index contributed by atoms with van der Waals surface area (Å²) < 4.78 is 25.3. The Morgan fingerprint density at radius 3 is 2.73 bits per heavy atom. The summed E-state index contributed by atoms with van der Waals surface area (Å²) in [6.45, 7) is -0.000694. The van der Waals surface area contributed by atoms with Crippen molar-refractivity contribution in [3.8, 4) is 0 Å². The van der Waals surface area contributed by atoms with Crippen LogP contribution in [0.5, 0.6) is 0 Å². The second-order valence-electron chi connectivity index (χ2n) is 2.91. The number of hydrogen-bond acceptors (Lipinski definition) is 3. The lowest BCUT2D eigenvalue weighted by molar-refractivity contribution is -0.106. The molecule has 11 heavy (non-hydrogen) atoms. The summed E-state index contributed by atoms with van der Waals surface area (Å²) in [5.74, 6) is -2.78. The summed E-state index contributed by atoms with van der Waals surface area (Å²) in [4.78, 5) is 1.34.